The van der Waals surface area contributed by atoms with Gasteiger partial charge in [-0.1, -0.05) is 14.4 Å². The monoisotopic (exact) mass is 125 g/mol. The van der Waals surface area contributed by atoms with Gasteiger partial charge in [0.25, 0.3) is 0 Å². The van der Waals surface area contributed by atoms with E-state index < -0.39 is 0 Å². The Morgan fingerprint density at radius 1 is 1.71 bits per heavy atom. The molecule has 0 radical (unpaired) electrons. The second-order valence-corrected chi connectivity index (χ2v) is 1.10. The molecule has 0 aromatic carbocycles. The zero-order valence-electron chi connectivity index (χ0n) is 3.75. The average molecular weight is 125 g/mol. The lowest BCUT2D eigenvalue weighted by atomic mass is 11.8. The van der Waals surface area contributed by atoms with Gasteiger partial charge in [-0.3, -0.25) is 0 Å². The van der Waals surface area contributed by atoms with Crippen LogP contribution in [0.5, 0.6) is 0 Å². The third kappa shape index (κ3) is 6.23. The van der Waals surface area contributed by atoms with Crippen LogP contribution in [0.3, 0.4) is 0 Å². The van der Waals surface area contributed by atoms with Crippen molar-refractivity contribution in [2.45, 2.75) is 0 Å². The van der Waals surface area contributed by atoms with Crippen molar-refractivity contribution in [1.82, 2.24) is 4.94 Å². The molecular weight excluding hydrogens is 119 g/mol. The summed E-state index contributed by atoms with van der Waals surface area (Å²) in [6.07, 6.45) is 0. The Bertz CT molecular complexity index is 41.9. The summed E-state index contributed by atoms with van der Waals surface area (Å²) < 4.78 is 0. The molecule has 7 heavy (non-hydrogen) atoms. The van der Waals surface area contributed by atoms with Gasteiger partial charge in [-0.15, -0.1) is 4.99 Å². The highest BCUT2D eigenvalue weighted by Gasteiger charge is 1.77. The van der Waals surface area contributed by atoms with Crippen LogP contribution in [0, 0.1) is 0 Å². The zero-order chi connectivity index (χ0) is 5.70. The van der Waals surface area contributed by atoms with Crippen molar-refractivity contribution in [2.24, 2.45) is 0 Å². The molecule has 0 saturated heterocycles. The highest BCUT2D eigenvalue weighted by atomic mass is 31.0. The van der Waals surface area contributed by atoms with Crippen molar-refractivity contribution in [1.29, 1.82) is 0 Å². The summed E-state index contributed by atoms with van der Waals surface area (Å²) in [6.45, 7) is 0. The molecule has 1 N–H and O–H groups in total. The fourth-order valence-corrected chi connectivity index (χ4v) is 0.0983. The van der Waals surface area contributed by atoms with E-state index in [1.165, 1.54) is 7.11 Å². The standard InChI is InChI=1S/CH6N2O3P/c1-4-6-5-3(2)7/h2H,7H2,1H3/q-1. The summed E-state index contributed by atoms with van der Waals surface area (Å²) in [6, 6.07) is 0. The second-order valence-electron chi connectivity index (χ2n) is 0.635. The van der Waals surface area contributed by atoms with Gasteiger partial charge in [-0.25, -0.2) is 9.83 Å². The molecule has 0 rings (SSSR count). The van der Waals surface area contributed by atoms with Crippen LogP contribution in [0.4, 0.5) is 0 Å². The lowest BCUT2D eigenvalue weighted by molar-refractivity contribution is -0.548. The van der Waals surface area contributed by atoms with E-state index in [4.69, 9.17) is 5.84 Å². The van der Waals surface area contributed by atoms with E-state index >= 15 is 0 Å². The normalized spacial score (nSPS) is 10.3. The molecule has 6 heteroatoms. The first-order chi connectivity index (χ1) is 3.27. The van der Waals surface area contributed by atoms with E-state index in [-0.39, 0.29) is 0 Å². The molecule has 1 unspecified atom stereocenters. The minimum absolute atomic E-state index is 0.531. The summed E-state index contributed by atoms with van der Waals surface area (Å²) in [4.78, 5) is 8.42. The molecule has 0 amide bonds. The van der Waals surface area contributed by atoms with Crippen molar-refractivity contribution in [3.63, 3.8) is 0 Å². The Morgan fingerprint density at radius 2 is 2.29 bits per heavy atom. The summed E-state index contributed by atoms with van der Waals surface area (Å²) in [5.41, 5.74) is 0. The Labute approximate surface area is 43.3 Å². The summed E-state index contributed by atoms with van der Waals surface area (Å²) in [5.74, 6) is 6.45. The van der Waals surface area contributed by atoms with E-state index in [0.29, 0.717) is 4.94 Å². The Balaban J connectivity index is 2.68. The number of nitrogens with one attached hydrogen (secondary N) is 1. The molecule has 0 bridgehead atoms. The molecule has 0 aliphatic rings. The Hall–Kier alpha value is 0.230. The topological polar surface area (TPSA) is 54.7 Å². The molecule has 44 valence electrons. The van der Waals surface area contributed by atoms with Crippen molar-refractivity contribution in [3.05, 3.63) is 5.84 Å². The highest BCUT2D eigenvalue weighted by Crippen LogP contribution is 1.96. The van der Waals surface area contributed by atoms with Crippen LogP contribution in [0.25, 0.3) is 5.84 Å². The number of hydrogen-bond acceptors (Lipinski definition) is 4. The van der Waals surface area contributed by atoms with Crippen molar-refractivity contribution >= 4 is 9.39 Å². The molecule has 0 aliphatic heterocycles. The second kappa shape index (κ2) is 4.39. The maximum Gasteiger partial charge on any atom is 0.0745 e. The quantitative estimate of drug-likeness (QED) is 0.312. The predicted octanol–water partition coefficient (Wildman–Crippen LogP) is 0.470. The Kier molecular flexibility index (Phi) is 4.53. The van der Waals surface area contributed by atoms with Gasteiger partial charge in [0.05, 0.1) is 7.11 Å². The fourth-order valence-electron chi connectivity index (χ4n) is 0.0632. The molecule has 1 atom stereocenters. The Morgan fingerprint density at radius 3 is 2.43 bits per heavy atom. The molecular formula is CH6N2O3P-. The number of hydrogen-bond donors (Lipinski definition) is 0. The summed E-state index contributed by atoms with van der Waals surface area (Å²) in [7, 11) is 3.15. The SMILES string of the molecule is COOON([NH-])P. The number of nitrogens with zero attached hydrogens (tertiary/aromatic N) is 1. The summed E-state index contributed by atoms with van der Waals surface area (Å²) in [5, 5.41) is 3.81. The van der Waals surface area contributed by atoms with Crippen LogP contribution >= 0.6 is 9.39 Å². The van der Waals surface area contributed by atoms with Crippen molar-refractivity contribution < 1.29 is 14.9 Å². The molecule has 0 saturated carbocycles. The van der Waals surface area contributed by atoms with Gasteiger partial charge < -0.3 is 5.84 Å². The van der Waals surface area contributed by atoms with Crippen LogP contribution in [0.15, 0.2) is 0 Å². The van der Waals surface area contributed by atoms with E-state index in [0.717, 1.165) is 0 Å². The van der Waals surface area contributed by atoms with E-state index in [1.54, 1.807) is 0 Å². The molecule has 0 spiro atoms. The fraction of sp³-hybridized carbons (Fsp3) is 1.00. The van der Waals surface area contributed by atoms with E-state index in [1.807, 2.05) is 9.39 Å². The van der Waals surface area contributed by atoms with Crippen LogP contribution < -0.4 is 0 Å². The lowest BCUT2D eigenvalue weighted by Crippen LogP contribution is -2.00. The van der Waals surface area contributed by atoms with Crippen LogP contribution in [0.1, 0.15) is 0 Å². The van der Waals surface area contributed by atoms with Gasteiger partial charge in [0, 0.05) is 0 Å². The van der Waals surface area contributed by atoms with Crippen LogP contribution in [0.2, 0.25) is 0 Å². The van der Waals surface area contributed by atoms with Crippen molar-refractivity contribution in [2.75, 3.05) is 7.11 Å². The maximum absolute atomic E-state index is 6.45. The first kappa shape index (κ1) is 7.23. The smallest absolute Gasteiger partial charge is 0.0745 e. The molecule has 0 aromatic heterocycles. The van der Waals surface area contributed by atoms with E-state index in [9.17, 15) is 0 Å². The molecule has 0 fully saturated rings. The third-order valence-corrected chi connectivity index (χ3v) is 0.265. The third-order valence-electron chi connectivity index (χ3n) is 0.179. The maximum atomic E-state index is 6.45. The number of rotatable bonds is 3. The molecule has 0 heterocycles. The average Bonchev–Trinajstić information content (AvgIpc) is 1.61. The van der Waals surface area contributed by atoms with Gasteiger partial charge in [-0.05, 0) is 0 Å². The van der Waals surface area contributed by atoms with Crippen LogP contribution in [-0.4, -0.2) is 12.1 Å². The zero-order valence-corrected chi connectivity index (χ0v) is 4.90. The molecule has 0 aliphatic carbocycles. The van der Waals surface area contributed by atoms with Gasteiger partial charge in [0.2, 0.25) is 0 Å². The first-order valence-corrected chi connectivity index (χ1v) is 1.92. The molecule has 0 aromatic rings. The predicted molar refractivity (Wildman–Crippen MR) is 25.0 cm³/mol. The van der Waals surface area contributed by atoms with Crippen LogP contribution in [-0.2, 0) is 14.9 Å². The lowest BCUT2D eigenvalue weighted by Gasteiger charge is -2.13. The van der Waals surface area contributed by atoms with Gasteiger partial charge >= 0.3 is 0 Å². The van der Waals surface area contributed by atoms with E-state index in [2.05, 4.69) is 14.9 Å². The summed E-state index contributed by atoms with van der Waals surface area (Å²) >= 11 is 0. The van der Waals surface area contributed by atoms with Gasteiger partial charge in [0.15, 0.2) is 0 Å². The first-order valence-electron chi connectivity index (χ1n) is 1.41. The van der Waals surface area contributed by atoms with Gasteiger partial charge in [-0.2, -0.15) is 0 Å². The highest BCUT2D eigenvalue weighted by molar-refractivity contribution is 7.13. The molecule has 5 nitrogen and oxygen atoms in total. The minimum atomic E-state index is 0.531. The largest absolute Gasteiger partial charge is 0.578 e. The van der Waals surface area contributed by atoms with Gasteiger partial charge in [0.1, 0.15) is 0 Å². The van der Waals surface area contributed by atoms with Crippen molar-refractivity contribution in [3.8, 4) is 0 Å². The minimum Gasteiger partial charge on any atom is -0.578 e.